The first-order valence-electron chi connectivity index (χ1n) is 4.09. The van der Waals surface area contributed by atoms with Crippen molar-refractivity contribution in [1.82, 2.24) is 0 Å². The molecule has 0 aliphatic carbocycles. The summed E-state index contributed by atoms with van der Waals surface area (Å²) >= 11 is 5.63. The standard InChI is InChI=1S/C10H13ClO/c1-8(6-7-11)9-2-4-10(12)5-3-9/h2-5,8,12H,6-7H2,1H3. The Morgan fingerprint density at radius 2 is 1.92 bits per heavy atom. The lowest BCUT2D eigenvalue weighted by Crippen LogP contribution is -1.93. The first-order valence-corrected chi connectivity index (χ1v) is 4.62. The first kappa shape index (κ1) is 9.40. The van der Waals surface area contributed by atoms with Crippen molar-refractivity contribution in [2.45, 2.75) is 19.3 Å². The van der Waals surface area contributed by atoms with Gasteiger partial charge in [-0.25, -0.2) is 0 Å². The van der Waals surface area contributed by atoms with E-state index in [1.165, 1.54) is 5.56 Å². The SMILES string of the molecule is CC(CCCl)c1ccc(O)cc1. The van der Waals surface area contributed by atoms with Gasteiger partial charge in [0.15, 0.2) is 0 Å². The number of phenols is 1. The molecule has 12 heavy (non-hydrogen) atoms. The van der Waals surface area contributed by atoms with Crippen LogP contribution in [-0.2, 0) is 0 Å². The minimum Gasteiger partial charge on any atom is -0.508 e. The van der Waals surface area contributed by atoms with E-state index in [1.54, 1.807) is 12.1 Å². The zero-order valence-corrected chi connectivity index (χ0v) is 7.88. The molecule has 0 amide bonds. The van der Waals surface area contributed by atoms with Crippen LogP contribution in [0.25, 0.3) is 0 Å². The molecule has 0 fully saturated rings. The molecule has 0 saturated heterocycles. The molecule has 1 unspecified atom stereocenters. The second kappa shape index (κ2) is 4.36. The van der Waals surface area contributed by atoms with Gasteiger partial charge in [-0.3, -0.25) is 0 Å². The van der Waals surface area contributed by atoms with Crippen LogP contribution in [0.1, 0.15) is 24.8 Å². The molecule has 1 atom stereocenters. The zero-order valence-electron chi connectivity index (χ0n) is 7.13. The first-order chi connectivity index (χ1) is 5.74. The van der Waals surface area contributed by atoms with E-state index >= 15 is 0 Å². The van der Waals surface area contributed by atoms with E-state index in [-0.39, 0.29) is 0 Å². The summed E-state index contributed by atoms with van der Waals surface area (Å²) in [6.45, 7) is 2.13. The monoisotopic (exact) mass is 184 g/mol. The Morgan fingerprint density at radius 3 is 2.42 bits per heavy atom. The van der Waals surface area contributed by atoms with Crippen molar-refractivity contribution in [3.63, 3.8) is 0 Å². The van der Waals surface area contributed by atoms with E-state index in [0.717, 1.165) is 6.42 Å². The van der Waals surface area contributed by atoms with Gasteiger partial charge in [0.25, 0.3) is 0 Å². The summed E-state index contributed by atoms with van der Waals surface area (Å²) in [6.07, 6.45) is 0.979. The van der Waals surface area contributed by atoms with Crippen molar-refractivity contribution in [2.24, 2.45) is 0 Å². The minimum absolute atomic E-state index is 0.317. The Bertz CT molecular complexity index is 230. The summed E-state index contributed by atoms with van der Waals surface area (Å²) in [7, 11) is 0. The van der Waals surface area contributed by atoms with Crippen LogP contribution in [0.3, 0.4) is 0 Å². The highest BCUT2D eigenvalue weighted by Crippen LogP contribution is 2.21. The second-order valence-electron chi connectivity index (χ2n) is 2.97. The lowest BCUT2D eigenvalue weighted by atomic mass is 9.99. The van der Waals surface area contributed by atoms with Gasteiger partial charge in [-0.15, -0.1) is 11.6 Å². The van der Waals surface area contributed by atoms with Gasteiger partial charge in [0.05, 0.1) is 0 Å². The third-order valence-electron chi connectivity index (χ3n) is 2.00. The van der Waals surface area contributed by atoms with Crippen LogP contribution >= 0.6 is 11.6 Å². The molecule has 0 radical (unpaired) electrons. The highest BCUT2D eigenvalue weighted by Gasteiger charge is 2.03. The van der Waals surface area contributed by atoms with Gasteiger partial charge >= 0.3 is 0 Å². The Labute approximate surface area is 78.0 Å². The normalized spacial score (nSPS) is 12.8. The lowest BCUT2D eigenvalue weighted by molar-refractivity contribution is 0.475. The van der Waals surface area contributed by atoms with Crippen LogP contribution in [0.2, 0.25) is 0 Å². The molecule has 0 aromatic heterocycles. The van der Waals surface area contributed by atoms with Gasteiger partial charge in [-0.2, -0.15) is 0 Å². The van der Waals surface area contributed by atoms with Crippen molar-refractivity contribution in [3.8, 4) is 5.75 Å². The van der Waals surface area contributed by atoms with Gasteiger partial charge in [0, 0.05) is 5.88 Å². The predicted molar refractivity (Wildman–Crippen MR) is 51.9 cm³/mol. The van der Waals surface area contributed by atoms with Crippen molar-refractivity contribution in [1.29, 1.82) is 0 Å². The molecule has 0 aliphatic rings. The van der Waals surface area contributed by atoms with E-state index in [1.807, 2.05) is 12.1 Å². The molecular weight excluding hydrogens is 172 g/mol. The number of phenolic OH excluding ortho intramolecular Hbond substituents is 1. The zero-order chi connectivity index (χ0) is 8.97. The van der Waals surface area contributed by atoms with Gasteiger partial charge in [0.1, 0.15) is 5.75 Å². The Hall–Kier alpha value is -0.690. The molecule has 0 bridgehead atoms. The fourth-order valence-corrected chi connectivity index (χ4v) is 1.46. The number of hydrogen-bond donors (Lipinski definition) is 1. The highest BCUT2D eigenvalue weighted by atomic mass is 35.5. The van der Waals surface area contributed by atoms with Crippen LogP contribution in [0, 0.1) is 0 Å². The average Bonchev–Trinajstić information content (AvgIpc) is 2.06. The molecule has 1 nitrogen and oxygen atoms in total. The van der Waals surface area contributed by atoms with E-state index < -0.39 is 0 Å². The Morgan fingerprint density at radius 1 is 1.33 bits per heavy atom. The van der Waals surface area contributed by atoms with Crippen molar-refractivity contribution < 1.29 is 5.11 Å². The second-order valence-corrected chi connectivity index (χ2v) is 3.35. The largest absolute Gasteiger partial charge is 0.508 e. The number of rotatable bonds is 3. The van der Waals surface area contributed by atoms with Crippen molar-refractivity contribution >= 4 is 11.6 Å². The molecule has 0 aliphatic heterocycles. The predicted octanol–water partition coefficient (Wildman–Crippen LogP) is 3.12. The van der Waals surface area contributed by atoms with E-state index in [0.29, 0.717) is 17.5 Å². The molecule has 1 aromatic carbocycles. The smallest absolute Gasteiger partial charge is 0.115 e. The quantitative estimate of drug-likeness (QED) is 0.716. The summed E-state index contributed by atoms with van der Waals surface area (Å²) in [5.74, 6) is 1.47. The van der Waals surface area contributed by atoms with Gasteiger partial charge < -0.3 is 5.11 Å². The van der Waals surface area contributed by atoms with Gasteiger partial charge in [-0.05, 0) is 30.0 Å². The Kier molecular flexibility index (Phi) is 3.42. The molecule has 1 rings (SSSR count). The summed E-state index contributed by atoms with van der Waals surface area (Å²) < 4.78 is 0. The summed E-state index contributed by atoms with van der Waals surface area (Å²) in [5.41, 5.74) is 1.23. The van der Waals surface area contributed by atoms with Crippen LogP contribution in [0.5, 0.6) is 5.75 Å². The summed E-state index contributed by atoms with van der Waals surface area (Å²) in [4.78, 5) is 0. The lowest BCUT2D eigenvalue weighted by Gasteiger charge is -2.09. The van der Waals surface area contributed by atoms with Crippen LogP contribution in [-0.4, -0.2) is 11.0 Å². The maximum Gasteiger partial charge on any atom is 0.115 e. The van der Waals surface area contributed by atoms with Crippen molar-refractivity contribution in [3.05, 3.63) is 29.8 Å². The molecule has 0 saturated carbocycles. The van der Waals surface area contributed by atoms with Crippen molar-refractivity contribution in [2.75, 3.05) is 5.88 Å². The molecule has 1 N–H and O–H groups in total. The molecular formula is C10H13ClO. The summed E-state index contributed by atoms with van der Waals surface area (Å²) in [5, 5.41) is 9.04. The maximum absolute atomic E-state index is 9.04. The maximum atomic E-state index is 9.04. The molecule has 66 valence electrons. The van der Waals surface area contributed by atoms with E-state index in [2.05, 4.69) is 6.92 Å². The highest BCUT2D eigenvalue weighted by molar-refractivity contribution is 6.17. The molecule has 1 aromatic rings. The van der Waals surface area contributed by atoms with Crippen LogP contribution < -0.4 is 0 Å². The number of hydrogen-bond acceptors (Lipinski definition) is 1. The fraction of sp³-hybridized carbons (Fsp3) is 0.400. The number of alkyl halides is 1. The minimum atomic E-state index is 0.317. The number of benzene rings is 1. The van der Waals surface area contributed by atoms with E-state index in [9.17, 15) is 0 Å². The third kappa shape index (κ3) is 2.42. The number of halogens is 1. The topological polar surface area (TPSA) is 20.2 Å². The van der Waals surface area contributed by atoms with Crippen LogP contribution in [0.4, 0.5) is 0 Å². The third-order valence-corrected chi connectivity index (χ3v) is 2.22. The van der Waals surface area contributed by atoms with Crippen LogP contribution in [0.15, 0.2) is 24.3 Å². The molecule has 2 heteroatoms. The van der Waals surface area contributed by atoms with E-state index in [4.69, 9.17) is 16.7 Å². The Balaban J connectivity index is 2.68. The number of aromatic hydroxyl groups is 1. The fourth-order valence-electron chi connectivity index (χ4n) is 1.13. The van der Waals surface area contributed by atoms with Gasteiger partial charge in [0.2, 0.25) is 0 Å². The molecule has 0 heterocycles. The van der Waals surface area contributed by atoms with Gasteiger partial charge in [-0.1, -0.05) is 19.1 Å². The summed E-state index contributed by atoms with van der Waals surface area (Å²) in [6, 6.07) is 7.29. The average molecular weight is 185 g/mol. The molecule has 0 spiro atoms.